The minimum Gasteiger partial charge on any atom is -0.493 e. The van der Waals surface area contributed by atoms with Crippen molar-refractivity contribution in [3.63, 3.8) is 0 Å². The Morgan fingerprint density at radius 2 is 2.36 bits per heavy atom. The number of allylic oxidation sites excluding steroid dienone is 1. The van der Waals surface area contributed by atoms with E-state index in [-0.39, 0.29) is 6.10 Å². The zero-order valence-electron chi connectivity index (χ0n) is 8.74. The minimum absolute atomic E-state index is 0.138. The third-order valence-electron chi connectivity index (χ3n) is 1.68. The van der Waals surface area contributed by atoms with Gasteiger partial charge in [0.2, 0.25) is 0 Å². The van der Waals surface area contributed by atoms with E-state index in [1.807, 2.05) is 20.8 Å². The Kier molecular flexibility index (Phi) is 3.45. The largest absolute Gasteiger partial charge is 0.493 e. The molecule has 0 aliphatic heterocycles. The van der Waals surface area contributed by atoms with Gasteiger partial charge in [-0.1, -0.05) is 0 Å². The van der Waals surface area contributed by atoms with Crippen molar-refractivity contribution < 1.29 is 4.74 Å². The van der Waals surface area contributed by atoms with E-state index in [4.69, 9.17) is 4.74 Å². The Morgan fingerprint density at radius 3 is 2.79 bits per heavy atom. The summed E-state index contributed by atoms with van der Waals surface area (Å²) in [5.74, 6) is 0.761. The molecule has 0 fully saturated rings. The van der Waals surface area contributed by atoms with Gasteiger partial charge in [0, 0.05) is 11.8 Å². The van der Waals surface area contributed by atoms with Gasteiger partial charge < -0.3 is 4.74 Å². The second kappa shape index (κ2) is 4.60. The molecule has 14 heavy (non-hydrogen) atoms. The summed E-state index contributed by atoms with van der Waals surface area (Å²) in [4.78, 5) is 3.93. The van der Waals surface area contributed by atoms with E-state index in [1.54, 1.807) is 12.4 Å². The highest BCUT2D eigenvalue weighted by Crippen LogP contribution is 2.19. The monoisotopic (exact) mass is 193 g/mol. The van der Waals surface area contributed by atoms with Crippen LogP contribution in [0.25, 0.3) is 5.70 Å². The van der Waals surface area contributed by atoms with Gasteiger partial charge in [0.05, 0.1) is 12.3 Å². The number of aliphatic imine (C=N–C) groups is 1. The molecule has 4 nitrogen and oxygen atoms in total. The fourth-order valence-electron chi connectivity index (χ4n) is 1.20. The maximum absolute atomic E-state index is 5.53. The minimum atomic E-state index is 0.138. The number of H-pyrrole nitrogens is 1. The number of aromatic nitrogens is 2. The molecule has 0 bridgehead atoms. The molecule has 4 heteroatoms. The zero-order valence-corrected chi connectivity index (χ0v) is 8.74. The molecule has 1 aromatic rings. The van der Waals surface area contributed by atoms with Crippen LogP contribution in [-0.4, -0.2) is 23.0 Å². The molecular weight excluding hydrogens is 178 g/mol. The van der Waals surface area contributed by atoms with Gasteiger partial charge >= 0.3 is 0 Å². The lowest BCUT2D eigenvalue weighted by molar-refractivity contribution is 0.150. The first-order valence-corrected chi connectivity index (χ1v) is 4.48. The van der Waals surface area contributed by atoms with Crippen molar-refractivity contribution in [2.75, 3.05) is 0 Å². The summed E-state index contributed by atoms with van der Waals surface area (Å²) in [5.41, 5.74) is 1.62. The van der Waals surface area contributed by atoms with E-state index < -0.39 is 0 Å². The predicted molar refractivity (Wildman–Crippen MR) is 57.0 cm³/mol. The molecule has 76 valence electrons. The van der Waals surface area contributed by atoms with Gasteiger partial charge in [0.25, 0.3) is 0 Å². The van der Waals surface area contributed by atoms with Gasteiger partial charge in [-0.05, 0) is 27.5 Å². The molecule has 0 aliphatic carbocycles. The maximum Gasteiger partial charge on any atom is 0.120 e. The van der Waals surface area contributed by atoms with E-state index >= 15 is 0 Å². The third-order valence-corrected chi connectivity index (χ3v) is 1.68. The molecule has 0 atom stereocenters. The van der Waals surface area contributed by atoms with Crippen molar-refractivity contribution in [2.45, 2.75) is 26.9 Å². The summed E-state index contributed by atoms with van der Waals surface area (Å²) in [7, 11) is 0. The van der Waals surface area contributed by atoms with Crippen molar-refractivity contribution in [1.82, 2.24) is 10.2 Å². The van der Waals surface area contributed by atoms with Crippen LogP contribution >= 0.6 is 0 Å². The molecule has 0 aliphatic rings. The Morgan fingerprint density at radius 1 is 1.64 bits per heavy atom. The summed E-state index contributed by atoms with van der Waals surface area (Å²) < 4.78 is 5.53. The van der Waals surface area contributed by atoms with Crippen molar-refractivity contribution >= 4 is 12.4 Å². The molecule has 1 aromatic heterocycles. The summed E-state index contributed by atoms with van der Waals surface area (Å²) in [6, 6.07) is 0. The molecule has 0 spiro atoms. The van der Waals surface area contributed by atoms with Crippen LogP contribution in [0.2, 0.25) is 0 Å². The van der Waals surface area contributed by atoms with Crippen LogP contribution in [0.1, 0.15) is 26.3 Å². The summed E-state index contributed by atoms with van der Waals surface area (Å²) in [6.45, 7) is 9.33. The van der Waals surface area contributed by atoms with Crippen molar-refractivity contribution in [3.05, 3.63) is 23.7 Å². The molecule has 1 N–H and O–H groups in total. The highest BCUT2D eigenvalue weighted by atomic mass is 16.5. The van der Waals surface area contributed by atoms with Crippen molar-refractivity contribution in [1.29, 1.82) is 0 Å². The molecule has 0 unspecified atom stereocenters. The SMILES string of the molecule is C=N/C(=C(\C)OC(C)C)c1cn[nH]c1. The van der Waals surface area contributed by atoms with Crippen LogP contribution in [0.15, 0.2) is 23.1 Å². The molecular formula is C10H15N3O. The topological polar surface area (TPSA) is 50.3 Å². The Labute approximate surface area is 83.7 Å². The molecule has 0 radical (unpaired) electrons. The van der Waals surface area contributed by atoms with Crippen LogP contribution in [0.5, 0.6) is 0 Å². The molecule has 0 aromatic carbocycles. The highest BCUT2D eigenvalue weighted by Gasteiger charge is 2.07. The van der Waals surface area contributed by atoms with Gasteiger partial charge in [-0.15, -0.1) is 0 Å². The molecule has 0 saturated carbocycles. The van der Waals surface area contributed by atoms with Crippen molar-refractivity contribution in [2.24, 2.45) is 4.99 Å². The smallest absolute Gasteiger partial charge is 0.120 e. The number of nitrogens with zero attached hydrogens (tertiary/aromatic N) is 2. The lowest BCUT2D eigenvalue weighted by Gasteiger charge is -2.11. The number of ether oxygens (including phenoxy) is 1. The van der Waals surface area contributed by atoms with Gasteiger partial charge in [-0.25, -0.2) is 0 Å². The summed E-state index contributed by atoms with van der Waals surface area (Å²) in [5, 5.41) is 6.58. The molecule has 1 heterocycles. The highest BCUT2D eigenvalue weighted by molar-refractivity contribution is 5.68. The molecule has 0 amide bonds. The van der Waals surface area contributed by atoms with Gasteiger partial charge in [-0.3, -0.25) is 10.1 Å². The first-order chi connectivity index (χ1) is 6.65. The van der Waals surface area contributed by atoms with Gasteiger partial charge in [0.15, 0.2) is 0 Å². The van der Waals surface area contributed by atoms with Crippen LogP contribution in [0, 0.1) is 0 Å². The van der Waals surface area contributed by atoms with E-state index in [2.05, 4.69) is 21.9 Å². The van der Waals surface area contributed by atoms with E-state index in [0.717, 1.165) is 17.0 Å². The number of hydrogen-bond acceptors (Lipinski definition) is 3. The van der Waals surface area contributed by atoms with Gasteiger partial charge in [-0.2, -0.15) is 5.10 Å². The summed E-state index contributed by atoms with van der Waals surface area (Å²) in [6.07, 6.45) is 3.59. The van der Waals surface area contributed by atoms with Crippen molar-refractivity contribution in [3.8, 4) is 0 Å². The first kappa shape index (κ1) is 10.5. The number of aromatic amines is 1. The lowest BCUT2D eigenvalue weighted by Crippen LogP contribution is -2.01. The van der Waals surface area contributed by atoms with Crippen LogP contribution in [0.4, 0.5) is 0 Å². The fourth-order valence-corrected chi connectivity index (χ4v) is 1.20. The van der Waals surface area contributed by atoms with Gasteiger partial charge in [0.1, 0.15) is 11.5 Å². The van der Waals surface area contributed by atoms with Crippen LogP contribution in [0.3, 0.4) is 0 Å². The average molecular weight is 193 g/mol. The Bertz CT molecular complexity index is 325. The lowest BCUT2D eigenvalue weighted by atomic mass is 10.2. The second-order valence-electron chi connectivity index (χ2n) is 3.22. The van der Waals surface area contributed by atoms with E-state index in [1.165, 1.54) is 0 Å². The van der Waals surface area contributed by atoms with E-state index in [9.17, 15) is 0 Å². The molecule has 1 rings (SSSR count). The zero-order chi connectivity index (χ0) is 10.6. The summed E-state index contributed by atoms with van der Waals surface area (Å²) >= 11 is 0. The predicted octanol–water partition coefficient (Wildman–Crippen LogP) is 2.22. The number of nitrogens with one attached hydrogen (secondary N) is 1. The fraction of sp³-hybridized carbons (Fsp3) is 0.400. The number of hydrogen-bond donors (Lipinski definition) is 1. The standard InChI is InChI=1S/C10H15N3O/c1-7(2)14-8(3)10(11-4)9-5-12-13-6-9/h5-7H,4H2,1-3H3,(H,12,13)/b10-8+. The average Bonchev–Trinajstić information content (AvgIpc) is 2.57. The third kappa shape index (κ3) is 2.45. The van der Waals surface area contributed by atoms with Crippen LogP contribution < -0.4 is 0 Å². The Hall–Kier alpha value is -1.58. The first-order valence-electron chi connectivity index (χ1n) is 4.48. The number of rotatable bonds is 4. The normalized spacial score (nSPS) is 12.6. The Balaban J connectivity index is 2.95. The maximum atomic E-state index is 5.53. The quantitative estimate of drug-likeness (QED) is 0.588. The molecule has 0 saturated heterocycles. The second-order valence-corrected chi connectivity index (χ2v) is 3.22. The van der Waals surface area contributed by atoms with Crippen LogP contribution in [-0.2, 0) is 4.74 Å². The van der Waals surface area contributed by atoms with E-state index in [0.29, 0.717) is 0 Å².